The van der Waals surface area contributed by atoms with Crippen LogP contribution in [0.3, 0.4) is 0 Å². The molecule has 0 aliphatic carbocycles. The van der Waals surface area contributed by atoms with E-state index < -0.39 is 0 Å². The maximum Gasteiger partial charge on any atom is 0.115 e. The van der Waals surface area contributed by atoms with Crippen LogP contribution in [-0.2, 0) is 0 Å². The first-order valence-corrected chi connectivity index (χ1v) is 6.41. The predicted molar refractivity (Wildman–Crippen MR) is 75.9 cm³/mol. The Kier molecular flexibility index (Phi) is 4.55. The minimum Gasteiger partial charge on any atom is -0.508 e. The molecule has 2 aromatic rings. The van der Waals surface area contributed by atoms with Crippen molar-refractivity contribution in [1.29, 1.82) is 0 Å². The van der Waals surface area contributed by atoms with Gasteiger partial charge in [0.2, 0.25) is 0 Å². The third kappa shape index (κ3) is 3.56. The van der Waals surface area contributed by atoms with Crippen molar-refractivity contribution in [2.75, 3.05) is 6.61 Å². The Bertz CT molecular complexity index is 513. The fourth-order valence-electron chi connectivity index (χ4n) is 2.13. The van der Waals surface area contributed by atoms with E-state index in [0.717, 1.165) is 11.1 Å². The maximum atomic E-state index is 9.52. The van der Waals surface area contributed by atoms with Crippen LogP contribution in [0, 0.1) is 0 Å². The van der Waals surface area contributed by atoms with Gasteiger partial charge in [0.05, 0.1) is 12.6 Å². The summed E-state index contributed by atoms with van der Waals surface area (Å²) < 4.78 is 0. The largest absolute Gasteiger partial charge is 0.508 e. The number of phenolic OH excluding ortho intramolecular Hbond substituents is 1. The van der Waals surface area contributed by atoms with Crippen molar-refractivity contribution in [2.24, 2.45) is 0 Å². The second-order valence-corrected chi connectivity index (χ2v) is 4.63. The number of aromatic hydroxyl groups is 1. The Morgan fingerprint density at radius 2 is 1.68 bits per heavy atom. The molecule has 0 bridgehead atoms. The van der Waals surface area contributed by atoms with Crippen LogP contribution in [0.25, 0.3) is 0 Å². The molecule has 0 radical (unpaired) electrons. The van der Waals surface area contributed by atoms with Crippen LogP contribution in [0.5, 0.6) is 5.75 Å². The van der Waals surface area contributed by atoms with Gasteiger partial charge in [0.15, 0.2) is 0 Å². The lowest BCUT2D eigenvalue weighted by Gasteiger charge is -2.22. The summed E-state index contributed by atoms with van der Waals surface area (Å²) in [4.78, 5) is 0. The minimum absolute atomic E-state index is 0.0349. The van der Waals surface area contributed by atoms with Gasteiger partial charge < -0.3 is 15.5 Å². The lowest BCUT2D eigenvalue weighted by atomic mass is 10.0. The summed E-state index contributed by atoms with van der Waals surface area (Å²) >= 11 is 0. The van der Waals surface area contributed by atoms with Gasteiger partial charge in [0.1, 0.15) is 5.75 Å². The van der Waals surface area contributed by atoms with E-state index in [-0.39, 0.29) is 24.4 Å². The predicted octanol–water partition coefficient (Wildman–Crippen LogP) is 2.78. The van der Waals surface area contributed by atoms with Crippen molar-refractivity contribution in [3.8, 4) is 5.75 Å². The Balaban J connectivity index is 2.10. The summed E-state index contributed by atoms with van der Waals surface area (Å²) in [6, 6.07) is 16.9. The average molecular weight is 257 g/mol. The van der Waals surface area contributed by atoms with Gasteiger partial charge in [-0.15, -0.1) is 0 Å². The lowest BCUT2D eigenvalue weighted by molar-refractivity contribution is 0.235. The van der Waals surface area contributed by atoms with Crippen LogP contribution in [-0.4, -0.2) is 16.8 Å². The highest BCUT2D eigenvalue weighted by Gasteiger charge is 2.14. The monoisotopic (exact) mass is 257 g/mol. The highest BCUT2D eigenvalue weighted by Crippen LogP contribution is 2.21. The molecule has 3 N–H and O–H groups in total. The zero-order valence-corrected chi connectivity index (χ0v) is 11.0. The second kappa shape index (κ2) is 6.36. The SMILES string of the molecule is CC(N[C@@H](CO)c1ccccc1)c1cccc(O)c1. The van der Waals surface area contributed by atoms with E-state index in [1.807, 2.05) is 49.4 Å². The van der Waals surface area contributed by atoms with Gasteiger partial charge in [-0.1, -0.05) is 42.5 Å². The number of hydrogen-bond acceptors (Lipinski definition) is 3. The van der Waals surface area contributed by atoms with Gasteiger partial charge in [-0.3, -0.25) is 0 Å². The summed E-state index contributed by atoms with van der Waals surface area (Å²) in [5.41, 5.74) is 2.05. The average Bonchev–Trinajstić information content (AvgIpc) is 2.45. The molecule has 0 fully saturated rings. The normalized spacial score (nSPS) is 14.0. The molecular weight excluding hydrogens is 238 g/mol. The van der Waals surface area contributed by atoms with Crippen LogP contribution >= 0.6 is 0 Å². The molecule has 19 heavy (non-hydrogen) atoms. The van der Waals surface area contributed by atoms with Crippen LogP contribution in [0.4, 0.5) is 0 Å². The molecule has 1 unspecified atom stereocenters. The van der Waals surface area contributed by atoms with Crippen molar-refractivity contribution in [1.82, 2.24) is 5.32 Å². The number of hydrogen-bond donors (Lipinski definition) is 3. The van der Waals surface area contributed by atoms with Crippen molar-refractivity contribution in [3.63, 3.8) is 0 Å². The van der Waals surface area contributed by atoms with Crippen molar-refractivity contribution < 1.29 is 10.2 Å². The molecule has 0 aromatic heterocycles. The van der Waals surface area contributed by atoms with Crippen molar-refractivity contribution in [2.45, 2.75) is 19.0 Å². The van der Waals surface area contributed by atoms with E-state index in [2.05, 4.69) is 5.32 Å². The van der Waals surface area contributed by atoms with Gasteiger partial charge >= 0.3 is 0 Å². The summed E-state index contributed by atoms with van der Waals surface area (Å²) in [6.07, 6.45) is 0. The highest BCUT2D eigenvalue weighted by molar-refractivity contribution is 5.29. The summed E-state index contributed by atoms with van der Waals surface area (Å²) in [6.45, 7) is 2.05. The number of aliphatic hydroxyl groups is 1. The second-order valence-electron chi connectivity index (χ2n) is 4.63. The third-order valence-electron chi connectivity index (χ3n) is 3.21. The van der Waals surface area contributed by atoms with Crippen molar-refractivity contribution in [3.05, 3.63) is 65.7 Å². The molecule has 0 aliphatic rings. The molecule has 0 amide bonds. The minimum atomic E-state index is -0.112. The first-order valence-electron chi connectivity index (χ1n) is 6.41. The van der Waals surface area contributed by atoms with Crippen LogP contribution in [0.2, 0.25) is 0 Å². The van der Waals surface area contributed by atoms with Gasteiger partial charge in [0, 0.05) is 6.04 Å². The fraction of sp³-hybridized carbons (Fsp3) is 0.250. The summed E-state index contributed by atoms with van der Waals surface area (Å²) in [5.74, 6) is 0.256. The Labute approximate surface area is 113 Å². The molecule has 2 rings (SSSR count). The smallest absolute Gasteiger partial charge is 0.115 e. The lowest BCUT2D eigenvalue weighted by Crippen LogP contribution is -2.27. The summed E-state index contributed by atoms with van der Waals surface area (Å²) in [5, 5.41) is 22.4. The molecule has 3 nitrogen and oxygen atoms in total. The quantitative estimate of drug-likeness (QED) is 0.772. The first kappa shape index (κ1) is 13.6. The van der Waals surface area contributed by atoms with E-state index in [9.17, 15) is 10.2 Å². The molecule has 0 spiro atoms. The molecule has 0 saturated heterocycles. The van der Waals surface area contributed by atoms with Crippen LogP contribution in [0.1, 0.15) is 30.1 Å². The number of nitrogens with one attached hydrogen (secondary N) is 1. The van der Waals surface area contributed by atoms with E-state index in [4.69, 9.17) is 0 Å². The third-order valence-corrected chi connectivity index (χ3v) is 3.21. The van der Waals surface area contributed by atoms with E-state index >= 15 is 0 Å². The Morgan fingerprint density at radius 1 is 1.00 bits per heavy atom. The maximum absolute atomic E-state index is 9.52. The number of benzene rings is 2. The topological polar surface area (TPSA) is 52.5 Å². The van der Waals surface area contributed by atoms with Gasteiger partial charge in [-0.2, -0.15) is 0 Å². The summed E-state index contributed by atoms with van der Waals surface area (Å²) in [7, 11) is 0. The van der Waals surface area contributed by atoms with Crippen molar-refractivity contribution >= 4 is 0 Å². The molecular formula is C16H19NO2. The van der Waals surface area contributed by atoms with Gasteiger partial charge in [0.25, 0.3) is 0 Å². The Morgan fingerprint density at radius 3 is 2.32 bits per heavy atom. The van der Waals surface area contributed by atoms with E-state index in [0.29, 0.717) is 0 Å². The van der Waals surface area contributed by atoms with Crippen LogP contribution < -0.4 is 5.32 Å². The number of rotatable bonds is 5. The number of phenols is 1. The van der Waals surface area contributed by atoms with Crippen LogP contribution in [0.15, 0.2) is 54.6 Å². The molecule has 0 heterocycles. The molecule has 100 valence electrons. The molecule has 2 aromatic carbocycles. The fourth-order valence-corrected chi connectivity index (χ4v) is 2.13. The first-order chi connectivity index (χ1) is 9.20. The highest BCUT2D eigenvalue weighted by atomic mass is 16.3. The Hall–Kier alpha value is -1.84. The van der Waals surface area contributed by atoms with E-state index in [1.54, 1.807) is 12.1 Å². The molecule has 3 heteroatoms. The van der Waals surface area contributed by atoms with E-state index in [1.165, 1.54) is 0 Å². The zero-order chi connectivity index (χ0) is 13.7. The zero-order valence-electron chi connectivity index (χ0n) is 11.0. The number of aliphatic hydroxyl groups excluding tert-OH is 1. The van der Waals surface area contributed by atoms with Gasteiger partial charge in [-0.25, -0.2) is 0 Å². The molecule has 2 atom stereocenters. The standard InChI is InChI=1S/C16H19NO2/c1-12(14-8-5-9-15(19)10-14)17-16(11-18)13-6-3-2-4-7-13/h2-10,12,16-19H,11H2,1H3/t12?,16-/m0/s1. The molecule has 0 saturated carbocycles. The van der Waals surface area contributed by atoms with Gasteiger partial charge in [-0.05, 0) is 30.2 Å². The molecule has 0 aliphatic heterocycles.